The van der Waals surface area contributed by atoms with Gasteiger partial charge in [-0.2, -0.15) is 0 Å². The van der Waals surface area contributed by atoms with Crippen molar-refractivity contribution >= 4 is 27.4 Å². The quantitative estimate of drug-likeness (QED) is 0.805. The number of nitrogens with zero attached hydrogens (tertiary/aromatic N) is 3. The van der Waals surface area contributed by atoms with Gasteiger partial charge in [-0.15, -0.1) is 0 Å². The largest absolute Gasteiger partial charge is 0.397 e. The van der Waals surface area contributed by atoms with Gasteiger partial charge in [0.2, 0.25) is 0 Å². The van der Waals surface area contributed by atoms with E-state index >= 15 is 0 Å². The molecule has 18 heavy (non-hydrogen) atoms. The summed E-state index contributed by atoms with van der Waals surface area (Å²) in [6, 6.07) is 1.85. The zero-order valence-corrected chi connectivity index (χ0v) is 11.6. The van der Waals surface area contributed by atoms with Crippen LogP contribution < -0.4 is 11.1 Å². The molecule has 0 atom stereocenters. The minimum Gasteiger partial charge on any atom is -0.397 e. The highest BCUT2D eigenvalue weighted by atomic mass is 79.9. The van der Waals surface area contributed by atoms with E-state index in [4.69, 9.17) is 5.73 Å². The molecular formula is C12H16BrN5. The maximum absolute atomic E-state index is 5.63. The molecule has 3 N–H and O–H groups in total. The number of nitrogens with one attached hydrogen (secondary N) is 1. The SMILES string of the molecule is Nc1cnc(NCCCCn2ccnc2)c(Br)c1. The first kappa shape index (κ1) is 12.9. The maximum atomic E-state index is 5.63. The summed E-state index contributed by atoms with van der Waals surface area (Å²) in [4.78, 5) is 8.23. The lowest BCUT2D eigenvalue weighted by Gasteiger charge is -2.08. The van der Waals surface area contributed by atoms with Crippen molar-refractivity contribution in [3.63, 3.8) is 0 Å². The summed E-state index contributed by atoms with van der Waals surface area (Å²) in [6.07, 6.45) is 9.45. The molecule has 0 aliphatic rings. The summed E-state index contributed by atoms with van der Waals surface area (Å²) >= 11 is 3.43. The molecule has 0 radical (unpaired) electrons. The molecule has 0 aliphatic heterocycles. The Balaban J connectivity index is 1.69. The number of nitrogens with two attached hydrogens (primary N) is 1. The molecule has 2 rings (SSSR count). The van der Waals surface area contributed by atoms with Crippen molar-refractivity contribution in [3.05, 3.63) is 35.5 Å². The number of pyridine rings is 1. The smallest absolute Gasteiger partial charge is 0.140 e. The zero-order valence-electron chi connectivity index (χ0n) is 10.0. The van der Waals surface area contributed by atoms with Gasteiger partial charge in [0.1, 0.15) is 5.82 Å². The van der Waals surface area contributed by atoms with Gasteiger partial charge in [-0.3, -0.25) is 0 Å². The van der Waals surface area contributed by atoms with E-state index in [0.29, 0.717) is 5.69 Å². The van der Waals surface area contributed by atoms with Gasteiger partial charge >= 0.3 is 0 Å². The van der Waals surface area contributed by atoms with Crippen molar-refractivity contribution < 1.29 is 0 Å². The van der Waals surface area contributed by atoms with E-state index in [9.17, 15) is 0 Å². The van der Waals surface area contributed by atoms with E-state index in [1.807, 2.05) is 18.6 Å². The molecule has 0 aliphatic carbocycles. The molecule has 2 heterocycles. The van der Waals surface area contributed by atoms with E-state index in [0.717, 1.165) is 36.2 Å². The second kappa shape index (κ2) is 6.39. The second-order valence-corrected chi connectivity index (χ2v) is 4.89. The number of aryl methyl sites for hydroxylation is 1. The number of hydrogen-bond donors (Lipinski definition) is 2. The van der Waals surface area contributed by atoms with Crippen LogP contribution in [0.2, 0.25) is 0 Å². The molecule has 2 aromatic rings. The second-order valence-electron chi connectivity index (χ2n) is 4.03. The number of hydrogen-bond acceptors (Lipinski definition) is 4. The van der Waals surface area contributed by atoms with Crippen LogP contribution in [-0.4, -0.2) is 21.1 Å². The van der Waals surface area contributed by atoms with E-state index < -0.39 is 0 Å². The normalized spacial score (nSPS) is 10.5. The van der Waals surface area contributed by atoms with E-state index in [2.05, 4.69) is 35.8 Å². The number of rotatable bonds is 6. The molecular weight excluding hydrogens is 294 g/mol. The van der Waals surface area contributed by atoms with E-state index in [-0.39, 0.29) is 0 Å². The molecule has 0 saturated heterocycles. The highest BCUT2D eigenvalue weighted by molar-refractivity contribution is 9.10. The highest BCUT2D eigenvalue weighted by Crippen LogP contribution is 2.21. The maximum Gasteiger partial charge on any atom is 0.140 e. The summed E-state index contributed by atoms with van der Waals surface area (Å²) in [6.45, 7) is 1.89. The third kappa shape index (κ3) is 3.73. The third-order valence-electron chi connectivity index (χ3n) is 2.56. The molecule has 2 aromatic heterocycles. The van der Waals surface area contributed by atoms with Gasteiger partial charge in [0.05, 0.1) is 22.7 Å². The van der Waals surface area contributed by atoms with Crippen molar-refractivity contribution in [1.82, 2.24) is 14.5 Å². The molecule has 0 bridgehead atoms. The van der Waals surface area contributed by atoms with Crippen LogP contribution in [0.1, 0.15) is 12.8 Å². The summed E-state index contributed by atoms with van der Waals surface area (Å²) < 4.78 is 2.98. The first-order valence-corrected chi connectivity index (χ1v) is 6.65. The van der Waals surface area contributed by atoms with Gasteiger partial charge in [-0.05, 0) is 34.8 Å². The van der Waals surface area contributed by atoms with Gasteiger partial charge < -0.3 is 15.6 Å². The lowest BCUT2D eigenvalue weighted by Crippen LogP contribution is -2.06. The van der Waals surface area contributed by atoms with Crippen LogP contribution in [0.4, 0.5) is 11.5 Å². The average Bonchev–Trinajstić information content (AvgIpc) is 2.84. The zero-order chi connectivity index (χ0) is 12.8. The lowest BCUT2D eigenvalue weighted by atomic mass is 10.3. The first-order valence-electron chi connectivity index (χ1n) is 5.86. The molecule has 0 amide bonds. The fraction of sp³-hybridized carbons (Fsp3) is 0.333. The number of anilines is 2. The number of nitrogen functional groups attached to an aromatic ring is 1. The predicted molar refractivity (Wildman–Crippen MR) is 76.3 cm³/mol. The van der Waals surface area contributed by atoms with Crippen LogP contribution in [0.25, 0.3) is 0 Å². The molecule has 0 fully saturated rings. The topological polar surface area (TPSA) is 68.8 Å². The third-order valence-corrected chi connectivity index (χ3v) is 3.16. The van der Waals surface area contributed by atoms with Gasteiger partial charge in [-0.25, -0.2) is 9.97 Å². The molecule has 0 saturated carbocycles. The monoisotopic (exact) mass is 309 g/mol. The van der Waals surface area contributed by atoms with Crippen LogP contribution in [0.5, 0.6) is 0 Å². The molecule has 96 valence electrons. The number of unbranched alkanes of at least 4 members (excludes halogenated alkanes) is 1. The van der Waals surface area contributed by atoms with Gasteiger partial charge in [0.15, 0.2) is 0 Å². The lowest BCUT2D eigenvalue weighted by molar-refractivity contribution is 0.620. The van der Waals surface area contributed by atoms with Crippen LogP contribution in [0.3, 0.4) is 0 Å². The van der Waals surface area contributed by atoms with E-state index in [1.165, 1.54) is 0 Å². The molecule has 5 nitrogen and oxygen atoms in total. The van der Waals surface area contributed by atoms with Crippen LogP contribution in [0.15, 0.2) is 35.5 Å². The minimum atomic E-state index is 0.660. The van der Waals surface area contributed by atoms with Crippen molar-refractivity contribution in [2.45, 2.75) is 19.4 Å². The van der Waals surface area contributed by atoms with Gasteiger partial charge in [0, 0.05) is 25.5 Å². The Morgan fingerprint density at radius 2 is 2.28 bits per heavy atom. The molecule has 0 aromatic carbocycles. The van der Waals surface area contributed by atoms with Crippen molar-refractivity contribution in [2.75, 3.05) is 17.6 Å². The summed E-state index contributed by atoms with van der Waals surface area (Å²) in [7, 11) is 0. The Hall–Kier alpha value is -1.56. The average molecular weight is 310 g/mol. The van der Waals surface area contributed by atoms with Gasteiger partial charge in [-0.1, -0.05) is 0 Å². The Bertz CT molecular complexity index is 483. The van der Waals surface area contributed by atoms with Crippen molar-refractivity contribution in [2.24, 2.45) is 0 Å². The van der Waals surface area contributed by atoms with Gasteiger partial charge in [0.25, 0.3) is 0 Å². The fourth-order valence-electron chi connectivity index (χ4n) is 1.63. The van der Waals surface area contributed by atoms with Crippen molar-refractivity contribution in [3.8, 4) is 0 Å². The highest BCUT2D eigenvalue weighted by Gasteiger charge is 2.00. The molecule has 0 unspecified atom stereocenters. The Labute approximate surface area is 115 Å². The molecule has 6 heteroatoms. The standard InChI is InChI=1S/C12H16BrN5/c13-11-7-10(14)8-17-12(11)16-3-1-2-5-18-6-4-15-9-18/h4,6-9H,1-3,5,14H2,(H,16,17). The van der Waals surface area contributed by atoms with Crippen molar-refractivity contribution in [1.29, 1.82) is 0 Å². The summed E-state index contributed by atoms with van der Waals surface area (Å²) in [5.74, 6) is 0.840. The Kier molecular flexibility index (Phi) is 4.58. The Morgan fingerprint density at radius 1 is 1.39 bits per heavy atom. The Morgan fingerprint density at radius 3 is 3.00 bits per heavy atom. The molecule has 0 spiro atoms. The number of aromatic nitrogens is 3. The summed E-state index contributed by atoms with van der Waals surface area (Å²) in [5, 5.41) is 3.28. The first-order chi connectivity index (χ1) is 8.75. The number of halogens is 1. The van der Waals surface area contributed by atoms with Crippen LogP contribution in [-0.2, 0) is 6.54 Å². The minimum absolute atomic E-state index is 0.660. The number of imidazole rings is 1. The van der Waals surface area contributed by atoms with Crippen LogP contribution >= 0.6 is 15.9 Å². The van der Waals surface area contributed by atoms with E-state index in [1.54, 1.807) is 12.4 Å². The predicted octanol–water partition coefficient (Wildman–Crippen LogP) is 2.52. The van der Waals surface area contributed by atoms with Crippen LogP contribution in [0, 0.1) is 0 Å². The fourth-order valence-corrected chi connectivity index (χ4v) is 2.13. The summed E-state index contributed by atoms with van der Waals surface area (Å²) in [5.41, 5.74) is 6.29.